The lowest BCUT2D eigenvalue weighted by molar-refractivity contribution is -0.120. The fourth-order valence-electron chi connectivity index (χ4n) is 3.22. The number of hydrogen-bond acceptors (Lipinski definition) is 6. The van der Waals surface area contributed by atoms with Gasteiger partial charge in [0, 0.05) is 11.8 Å². The zero-order valence-electron chi connectivity index (χ0n) is 15.6. The Kier molecular flexibility index (Phi) is 4.68. The Morgan fingerprint density at radius 2 is 1.86 bits per heavy atom. The first-order chi connectivity index (χ1) is 13.5. The Morgan fingerprint density at radius 3 is 2.64 bits per heavy atom. The molecule has 8 nitrogen and oxygen atoms in total. The smallest absolute Gasteiger partial charge is 0.278 e. The average molecular weight is 380 g/mol. The third-order valence-corrected chi connectivity index (χ3v) is 4.56. The molecule has 0 aliphatic carbocycles. The molecule has 4 rings (SSSR count). The van der Waals surface area contributed by atoms with Crippen molar-refractivity contribution in [1.29, 1.82) is 0 Å². The normalized spacial score (nSPS) is 14.1. The maximum absolute atomic E-state index is 13.0. The van der Waals surface area contributed by atoms with E-state index in [9.17, 15) is 9.59 Å². The highest BCUT2D eigenvalue weighted by Crippen LogP contribution is 2.33. The Labute approximate surface area is 161 Å². The molecule has 1 aliphatic heterocycles. The summed E-state index contributed by atoms with van der Waals surface area (Å²) in [4.78, 5) is 25.9. The molecule has 1 atom stereocenters. The van der Waals surface area contributed by atoms with E-state index in [0.717, 1.165) is 4.68 Å². The van der Waals surface area contributed by atoms with Crippen molar-refractivity contribution in [3.63, 3.8) is 0 Å². The molecule has 144 valence electrons. The lowest BCUT2D eigenvalue weighted by Crippen LogP contribution is -2.38. The van der Waals surface area contributed by atoms with Gasteiger partial charge in [-0.3, -0.25) is 9.59 Å². The monoisotopic (exact) mass is 380 g/mol. The molecular formula is C20H20N4O4. The summed E-state index contributed by atoms with van der Waals surface area (Å²) in [6.07, 6.45) is 0. The van der Waals surface area contributed by atoms with Gasteiger partial charge in [0.1, 0.15) is 24.8 Å². The summed E-state index contributed by atoms with van der Waals surface area (Å²) < 4.78 is 12.2. The van der Waals surface area contributed by atoms with Crippen LogP contribution in [0.25, 0.3) is 10.9 Å². The van der Waals surface area contributed by atoms with Gasteiger partial charge in [-0.15, -0.1) is 5.10 Å². The van der Waals surface area contributed by atoms with E-state index in [0.29, 0.717) is 41.3 Å². The predicted octanol–water partition coefficient (Wildman–Crippen LogP) is 2.40. The third kappa shape index (κ3) is 3.28. The van der Waals surface area contributed by atoms with Gasteiger partial charge in [-0.25, -0.2) is 0 Å². The second kappa shape index (κ2) is 7.30. The standard InChI is InChI=1S/C20H20N4O4/c1-12(2)18(24-20(26)14-5-3-4-6-15(14)22-23-24)19(25)21-13-7-8-16-17(11-13)28-10-9-27-16/h3-8,11-12,18H,9-10H2,1-2H3,(H,21,25). The lowest BCUT2D eigenvalue weighted by atomic mass is 10.0. The molecule has 0 saturated carbocycles. The number of carbonyl (C=O) groups excluding carboxylic acids is 1. The van der Waals surface area contributed by atoms with Crippen LogP contribution < -0.4 is 20.3 Å². The molecule has 8 heteroatoms. The van der Waals surface area contributed by atoms with Crippen LogP contribution >= 0.6 is 0 Å². The van der Waals surface area contributed by atoms with Crippen LogP contribution in [-0.4, -0.2) is 34.1 Å². The van der Waals surface area contributed by atoms with Crippen molar-refractivity contribution in [1.82, 2.24) is 15.0 Å². The van der Waals surface area contributed by atoms with Gasteiger partial charge in [0.05, 0.1) is 5.39 Å². The van der Waals surface area contributed by atoms with E-state index in [1.54, 1.807) is 42.5 Å². The Balaban J connectivity index is 1.66. The van der Waals surface area contributed by atoms with Crippen LogP contribution in [0, 0.1) is 5.92 Å². The summed E-state index contributed by atoms with van der Waals surface area (Å²) >= 11 is 0. The number of nitrogens with zero attached hydrogens (tertiary/aromatic N) is 3. The summed E-state index contributed by atoms with van der Waals surface area (Å²) in [7, 11) is 0. The summed E-state index contributed by atoms with van der Waals surface area (Å²) in [6.45, 7) is 4.67. The van der Waals surface area contributed by atoms with Crippen LogP contribution in [0.2, 0.25) is 0 Å². The molecule has 0 spiro atoms. The Hall–Kier alpha value is -3.42. The fraction of sp³-hybridized carbons (Fsp3) is 0.300. The number of rotatable bonds is 4. The predicted molar refractivity (Wildman–Crippen MR) is 104 cm³/mol. The summed E-state index contributed by atoms with van der Waals surface area (Å²) in [5.41, 5.74) is 0.710. The first-order valence-corrected chi connectivity index (χ1v) is 9.09. The zero-order chi connectivity index (χ0) is 19.7. The van der Waals surface area contributed by atoms with Crippen LogP contribution in [0.15, 0.2) is 47.3 Å². The van der Waals surface area contributed by atoms with Crippen LogP contribution in [0.4, 0.5) is 5.69 Å². The molecule has 2 aromatic carbocycles. The molecule has 3 aromatic rings. The van der Waals surface area contributed by atoms with Gasteiger partial charge in [-0.2, -0.15) is 4.68 Å². The summed E-state index contributed by atoms with van der Waals surface area (Å²) in [6, 6.07) is 11.3. The largest absolute Gasteiger partial charge is 0.486 e. The Morgan fingerprint density at radius 1 is 1.11 bits per heavy atom. The van der Waals surface area contributed by atoms with E-state index in [4.69, 9.17) is 9.47 Å². The van der Waals surface area contributed by atoms with Gasteiger partial charge in [-0.1, -0.05) is 31.2 Å². The van der Waals surface area contributed by atoms with Gasteiger partial charge in [0.2, 0.25) is 5.91 Å². The number of aromatic nitrogens is 3. The highest BCUT2D eigenvalue weighted by Gasteiger charge is 2.28. The van der Waals surface area contributed by atoms with Crippen molar-refractivity contribution in [2.24, 2.45) is 5.92 Å². The molecule has 1 aliphatic rings. The van der Waals surface area contributed by atoms with Gasteiger partial charge in [-0.05, 0) is 30.2 Å². The van der Waals surface area contributed by atoms with Gasteiger partial charge in [0.15, 0.2) is 11.5 Å². The van der Waals surface area contributed by atoms with Gasteiger partial charge in [0.25, 0.3) is 5.56 Å². The van der Waals surface area contributed by atoms with E-state index in [-0.39, 0.29) is 17.4 Å². The van der Waals surface area contributed by atoms with Crippen molar-refractivity contribution in [2.75, 3.05) is 18.5 Å². The van der Waals surface area contributed by atoms with Gasteiger partial charge >= 0.3 is 0 Å². The van der Waals surface area contributed by atoms with Crippen LogP contribution in [0.1, 0.15) is 19.9 Å². The highest BCUT2D eigenvalue weighted by atomic mass is 16.6. The van der Waals surface area contributed by atoms with Gasteiger partial charge < -0.3 is 14.8 Å². The molecule has 0 saturated heterocycles. The molecule has 1 amide bonds. The molecule has 1 N–H and O–H groups in total. The number of anilines is 1. The fourth-order valence-corrected chi connectivity index (χ4v) is 3.22. The van der Waals surface area contributed by atoms with Crippen LogP contribution in [0.5, 0.6) is 11.5 Å². The molecule has 2 heterocycles. The number of benzene rings is 2. The number of hydrogen-bond donors (Lipinski definition) is 1. The number of carbonyl (C=O) groups is 1. The average Bonchev–Trinajstić information content (AvgIpc) is 2.70. The number of fused-ring (bicyclic) bond motifs is 2. The van der Waals surface area contributed by atoms with Crippen molar-refractivity contribution in [3.8, 4) is 11.5 Å². The third-order valence-electron chi connectivity index (χ3n) is 4.56. The minimum absolute atomic E-state index is 0.176. The minimum Gasteiger partial charge on any atom is -0.486 e. The minimum atomic E-state index is -0.808. The van der Waals surface area contributed by atoms with E-state index in [1.165, 1.54) is 0 Å². The van der Waals surface area contributed by atoms with E-state index in [2.05, 4.69) is 15.6 Å². The number of nitrogens with one attached hydrogen (secondary N) is 1. The van der Waals surface area contributed by atoms with Crippen LogP contribution in [0.3, 0.4) is 0 Å². The quantitative estimate of drug-likeness (QED) is 0.747. The second-order valence-electron chi connectivity index (χ2n) is 6.89. The van der Waals surface area contributed by atoms with E-state index in [1.807, 2.05) is 13.8 Å². The van der Waals surface area contributed by atoms with E-state index < -0.39 is 6.04 Å². The zero-order valence-corrected chi connectivity index (χ0v) is 15.6. The maximum Gasteiger partial charge on any atom is 0.278 e. The summed E-state index contributed by atoms with van der Waals surface area (Å²) in [5, 5.41) is 11.4. The topological polar surface area (TPSA) is 95.3 Å². The number of amides is 1. The number of ether oxygens (including phenoxy) is 2. The molecule has 0 bridgehead atoms. The lowest BCUT2D eigenvalue weighted by Gasteiger charge is -2.22. The SMILES string of the molecule is CC(C)C(C(=O)Nc1ccc2c(c1)OCCO2)n1nnc2ccccc2c1=O. The molecule has 0 radical (unpaired) electrons. The molecule has 1 aromatic heterocycles. The summed E-state index contributed by atoms with van der Waals surface area (Å²) in [5.74, 6) is 0.692. The van der Waals surface area contributed by atoms with Crippen molar-refractivity contribution in [2.45, 2.75) is 19.9 Å². The Bertz CT molecular complexity index is 1090. The maximum atomic E-state index is 13.0. The highest BCUT2D eigenvalue weighted by molar-refractivity contribution is 5.94. The van der Waals surface area contributed by atoms with Crippen LogP contribution in [-0.2, 0) is 4.79 Å². The van der Waals surface area contributed by atoms with E-state index >= 15 is 0 Å². The first-order valence-electron chi connectivity index (χ1n) is 9.09. The first kappa shape index (κ1) is 18.0. The molecule has 0 fully saturated rings. The molecule has 28 heavy (non-hydrogen) atoms. The second-order valence-corrected chi connectivity index (χ2v) is 6.89. The molecular weight excluding hydrogens is 360 g/mol. The van der Waals surface area contributed by atoms with Crippen molar-refractivity contribution in [3.05, 3.63) is 52.8 Å². The molecule has 1 unspecified atom stereocenters. The van der Waals surface area contributed by atoms with Crippen molar-refractivity contribution >= 4 is 22.5 Å². The van der Waals surface area contributed by atoms with Crippen molar-refractivity contribution < 1.29 is 14.3 Å².